The second-order valence-electron chi connectivity index (χ2n) is 8.45. The lowest BCUT2D eigenvalue weighted by atomic mass is 9.92. The van der Waals surface area contributed by atoms with Crippen LogP contribution in [0, 0.1) is 31.0 Å². The van der Waals surface area contributed by atoms with Crippen LogP contribution in [0.3, 0.4) is 0 Å². The maximum Gasteiger partial charge on any atom is 0.254 e. The average Bonchev–Trinajstić information content (AvgIpc) is 3.07. The Morgan fingerprint density at radius 2 is 1.29 bits per heavy atom. The molecule has 0 N–H and O–H groups in total. The molecule has 0 atom stereocenters. The second-order valence-corrected chi connectivity index (χ2v) is 9.20. The number of hydrogen-bond donors (Lipinski definition) is 0. The summed E-state index contributed by atoms with van der Waals surface area (Å²) in [6.45, 7) is 15.6. The van der Waals surface area contributed by atoms with E-state index in [4.69, 9.17) is 18.6 Å². The van der Waals surface area contributed by atoms with Gasteiger partial charge in [0.05, 0.1) is 0 Å². The maximum absolute atomic E-state index is 8.49. The highest BCUT2D eigenvalue weighted by Gasteiger charge is 2.21. The number of rotatable bonds is 4. The van der Waals surface area contributed by atoms with Crippen LogP contribution in [0.2, 0.25) is 0 Å². The zero-order valence-corrected chi connectivity index (χ0v) is 19.9. The number of nitrogens with zero attached hydrogens (tertiary/aromatic N) is 2. The molecule has 168 valence electrons. The van der Waals surface area contributed by atoms with Crippen molar-refractivity contribution in [2.45, 2.75) is 60.3 Å². The average molecular weight is 447 g/mol. The molecule has 0 fully saturated rings. The monoisotopic (exact) mass is 446 g/mol. The second kappa shape index (κ2) is 9.94. The Hall–Kier alpha value is -2.22. The van der Waals surface area contributed by atoms with Gasteiger partial charge in [0.2, 0.25) is 0 Å². The molecular weight excluding hydrogens is 416 g/mol. The van der Waals surface area contributed by atoms with Crippen LogP contribution in [0.1, 0.15) is 67.3 Å². The van der Waals surface area contributed by atoms with Crippen LogP contribution < -0.4 is 23.2 Å². The minimum atomic E-state index is -4.94. The van der Waals surface area contributed by atoms with Gasteiger partial charge in [-0.25, -0.2) is 27.8 Å². The van der Waals surface area contributed by atoms with E-state index < -0.39 is 10.2 Å². The number of aryl methyl sites for hydroxylation is 3. The van der Waals surface area contributed by atoms with Crippen molar-refractivity contribution in [3.05, 3.63) is 76.9 Å². The summed E-state index contributed by atoms with van der Waals surface area (Å²) in [5, 5.41) is 0. The fraction of sp³-hybridized carbons (Fsp3) is 0.375. The summed E-state index contributed by atoms with van der Waals surface area (Å²) in [6.07, 6.45) is 6.58. The number of hydrogen-bond acceptors (Lipinski definition) is 4. The van der Waals surface area contributed by atoms with Crippen molar-refractivity contribution < 1.29 is 33.4 Å². The van der Waals surface area contributed by atoms with Crippen molar-refractivity contribution in [1.82, 2.24) is 4.57 Å². The van der Waals surface area contributed by atoms with E-state index in [1.165, 1.54) is 39.2 Å². The van der Waals surface area contributed by atoms with Gasteiger partial charge in [-0.1, -0.05) is 63.6 Å². The molecule has 7 heteroatoms. The van der Waals surface area contributed by atoms with Gasteiger partial charge in [-0.05, 0) is 43.7 Å². The predicted molar refractivity (Wildman–Crippen MR) is 110 cm³/mol. The Labute approximate surface area is 186 Å². The SMILES string of the molecule is Cc1cc(C)c(-[n+]2ccn(-c3c(C(C)C)cccc3C(C)C)c2)c(C)c1.[O-][Cl+3]([O-])([O-])[O-]. The van der Waals surface area contributed by atoms with Crippen LogP contribution >= 0.6 is 0 Å². The van der Waals surface area contributed by atoms with Crippen molar-refractivity contribution in [1.29, 1.82) is 0 Å². The van der Waals surface area contributed by atoms with Crippen LogP contribution in [0.15, 0.2) is 49.1 Å². The molecule has 0 aliphatic carbocycles. The molecule has 0 spiro atoms. The van der Waals surface area contributed by atoms with Gasteiger partial charge in [0.1, 0.15) is 23.8 Å². The Kier molecular flexibility index (Phi) is 8.03. The molecule has 1 heterocycles. The Morgan fingerprint density at radius 1 is 0.839 bits per heavy atom. The van der Waals surface area contributed by atoms with Crippen LogP contribution in [0.5, 0.6) is 0 Å². The molecule has 0 radical (unpaired) electrons. The largest absolute Gasteiger partial charge is 0.254 e. The maximum atomic E-state index is 8.49. The summed E-state index contributed by atoms with van der Waals surface area (Å²) in [5.74, 6) is 0.977. The van der Waals surface area contributed by atoms with Crippen LogP contribution in [0.4, 0.5) is 0 Å². The third kappa shape index (κ3) is 6.63. The zero-order chi connectivity index (χ0) is 23.5. The van der Waals surface area contributed by atoms with Crippen molar-refractivity contribution in [2.75, 3.05) is 0 Å². The topological polar surface area (TPSA) is 101 Å². The van der Waals surface area contributed by atoms with Crippen molar-refractivity contribution in [3.8, 4) is 11.4 Å². The van der Waals surface area contributed by atoms with Crippen molar-refractivity contribution >= 4 is 0 Å². The summed E-state index contributed by atoms with van der Waals surface area (Å²) < 4.78 is 38.5. The van der Waals surface area contributed by atoms with Crippen LogP contribution in [0.25, 0.3) is 11.4 Å². The zero-order valence-electron chi connectivity index (χ0n) is 19.2. The number of para-hydroxylation sites is 1. The molecule has 0 saturated heterocycles. The first-order valence-electron chi connectivity index (χ1n) is 10.2. The first kappa shape index (κ1) is 25.0. The van der Waals surface area contributed by atoms with Gasteiger partial charge < -0.3 is 0 Å². The number of aromatic nitrogens is 2. The first-order valence-corrected chi connectivity index (χ1v) is 11.5. The van der Waals surface area contributed by atoms with E-state index >= 15 is 0 Å². The quantitative estimate of drug-likeness (QED) is 0.561. The van der Waals surface area contributed by atoms with E-state index in [2.05, 4.69) is 107 Å². The first-order chi connectivity index (χ1) is 14.3. The molecule has 0 unspecified atom stereocenters. The lowest BCUT2D eigenvalue weighted by Crippen LogP contribution is -2.68. The van der Waals surface area contributed by atoms with Crippen molar-refractivity contribution in [2.24, 2.45) is 0 Å². The summed E-state index contributed by atoms with van der Waals surface area (Å²) >= 11 is 0. The molecule has 0 saturated carbocycles. The van der Waals surface area contributed by atoms with Gasteiger partial charge >= 0.3 is 0 Å². The van der Waals surface area contributed by atoms with Gasteiger partial charge in [-0.3, -0.25) is 0 Å². The molecule has 31 heavy (non-hydrogen) atoms. The molecule has 0 bridgehead atoms. The highest BCUT2D eigenvalue weighted by atomic mass is 35.7. The molecule has 3 rings (SSSR count). The van der Waals surface area contributed by atoms with E-state index in [1.54, 1.807) is 0 Å². The third-order valence-electron chi connectivity index (χ3n) is 5.13. The minimum absolute atomic E-state index is 0.488. The number of imidazole rings is 1. The highest BCUT2D eigenvalue weighted by Crippen LogP contribution is 2.30. The Bertz CT molecular complexity index is 981. The summed E-state index contributed by atoms with van der Waals surface area (Å²) in [5.41, 5.74) is 9.35. The van der Waals surface area contributed by atoms with Crippen LogP contribution in [-0.4, -0.2) is 4.57 Å². The molecule has 0 amide bonds. The molecule has 6 nitrogen and oxygen atoms in total. The summed E-state index contributed by atoms with van der Waals surface area (Å²) in [6, 6.07) is 11.2. The summed E-state index contributed by atoms with van der Waals surface area (Å²) in [4.78, 5) is 0. The lowest BCUT2D eigenvalue weighted by Gasteiger charge is -2.17. The summed E-state index contributed by atoms with van der Waals surface area (Å²) in [7, 11) is -4.94. The smallest absolute Gasteiger partial charge is 0.222 e. The standard InChI is InChI=1S/C24H31N2.ClHO4/c1-16(2)21-9-8-10-22(17(3)4)24(21)26-12-11-25(15-26)23-19(6)13-18(5)14-20(23)7;2-1(3,4)5/h8-17H,1-7H3;(H,2,3,4,5)/q+1;/p-1. The third-order valence-corrected chi connectivity index (χ3v) is 5.13. The van der Waals surface area contributed by atoms with E-state index in [0.717, 1.165) is 0 Å². The fourth-order valence-electron chi connectivity index (χ4n) is 4.01. The molecule has 0 aliphatic heterocycles. The van der Waals surface area contributed by atoms with E-state index in [0.29, 0.717) is 11.8 Å². The Balaban J connectivity index is 0.000000614. The van der Waals surface area contributed by atoms with Gasteiger partial charge in [-0.2, -0.15) is 0 Å². The minimum Gasteiger partial charge on any atom is -0.222 e. The van der Waals surface area contributed by atoms with E-state index in [-0.39, 0.29) is 0 Å². The van der Waals surface area contributed by atoms with E-state index in [9.17, 15) is 0 Å². The molecule has 0 aliphatic rings. The van der Waals surface area contributed by atoms with Gasteiger partial charge in [0.25, 0.3) is 6.33 Å². The number of benzene rings is 2. The molecule has 1 aromatic heterocycles. The molecule has 2 aromatic carbocycles. The normalized spacial score (nSPS) is 11.6. The van der Waals surface area contributed by atoms with Gasteiger partial charge in [0, 0.05) is 11.1 Å². The van der Waals surface area contributed by atoms with Gasteiger partial charge in [0.15, 0.2) is 0 Å². The molecule has 3 aromatic rings. The fourth-order valence-corrected chi connectivity index (χ4v) is 4.01. The number of halogens is 1. The lowest BCUT2D eigenvalue weighted by molar-refractivity contribution is -2.00. The highest BCUT2D eigenvalue weighted by molar-refractivity contribution is 5.51. The van der Waals surface area contributed by atoms with Crippen molar-refractivity contribution in [3.63, 3.8) is 0 Å². The molecular formula is C24H31ClN2O4. The predicted octanol–water partition coefficient (Wildman–Crippen LogP) is 1.17. The van der Waals surface area contributed by atoms with Gasteiger partial charge in [-0.15, -0.1) is 10.2 Å². The van der Waals surface area contributed by atoms with Crippen LogP contribution in [-0.2, 0) is 0 Å². The Morgan fingerprint density at radius 3 is 1.71 bits per heavy atom. The van der Waals surface area contributed by atoms with E-state index in [1.807, 2.05) is 0 Å².